The number of hydrazone groups is 1. The van der Waals surface area contributed by atoms with E-state index in [1.807, 2.05) is 6.92 Å². The van der Waals surface area contributed by atoms with Crippen molar-refractivity contribution in [3.05, 3.63) is 52.5 Å². The van der Waals surface area contributed by atoms with Gasteiger partial charge in [-0.05, 0) is 48.7 Å². The Morgan fingerprint density at radius 2 is 2.04 bits per heavy atom. The molecule has 7 heteroatoms. The fourth-order valence-corrected chi connectivity index (χ4v) is 2.58. The molecule has 28 heavy (non-hydrogen) atoms. The van der Waals surface area contributed by atoms with Gasteiger partial charge in [0.25, 0.3) is 5.91 Å². The van der Waals surface area contributed by atoms with Gasteiger partial charge in [0.15, 0.2) is 11.5 Å². The van der Waals surface area contributed by atoms with E-state index in [-0.39, 0.29) is 5.91 Å². The molecular weight excluding hydrogens is 380 g/mol. The molecule has 2 rings (SSSR count). The monoisotopic (exact) mass is 404 g/mol. The number of benzene rings is 2. The molecule has 0 aliphatic carbocycles. The third-order valence-corrected chi connectivity index (χ3v) is 3.89. The number of halogens is 1. The lowest BCUT2D eigenvalue weighted by Crippen LogP contribution is -2.17. The van der Waals surface area contributed by atoms with Crippen LogP contribution in [0.3, 0.4) is 0 Å². The number of hydrogen-bond donors (Lipinski definition) is 1. The topological polar surface area (TPSA) is 69.2 Å². The van der Waals surface area contributed by atoms with Gasteiger partial charge in [0.1, 0.15) is 5.75 Å². The molecule has 0 saturated carbocycles. The van der Waals surface area contributed by atoms with Gasteiger partial charge < -0.3 is 14.2 Å². The number of ether oxygens (including phenoxy) is 3. The van der Waals surface area contributed by atoms with E-state index in [1.165, 1.54) is 6.21 Å². The molecule has 0 radical (unpaired) electrons. The molecule has 0 spiro atoms. The number of nitrogens with one attached hydrogen (secondary N) is 1. The van der Waals surface area contributed by atoms with E-state index in [0.29, 0.717) is 52.5 Å². The first-order valence-corrected chi connectivity index (χ1v) is 9.39. The Morgan fingerprint density at radius 3 is 2.71 bits per heavy atom. The van der Waals surface area contributed by atoms with Gasteiger partial charge in [0, 0.05) is 5.56 Å². The van der Waals surface area contributed by atoms with Crippen molar-refractivity contribution in [1.82, 2.24) is 5.43 Å². The van der Waals surface area contributed by atoms with E-state index in [4.69, 9.17) is 25.8 Å². The number of amides is 1. The molecule has 0 atom stereocenters. The first-order chi connectivity index (χ1) is 13.4. The summed E-state index contributed by atoms with van der Waals surface area (Å²) in [7, 11) is 1.55. The van der Waals surface area contributed by atoms with Crippen molar-refractivity contribution in [3.63, 3.8) is 0 Å². The molecule has 2 aromatic carbocycles. The molecule has 2 aromatic rings. The van der Waals surface area contributed by atoms with Crippen molar-refractivity contribution in [2.24, 2.45) is 11.0 Å². The van der Waals surface area contributed by atoms with Gasteiger partial charge in [-0.1, -0.05) is 31.5 Å². The zero-order valence-corrected chi connectivity index (χ0v) is 17.2. The van der Waals surface area contributed by atoms with Crippen LogP contribution in [0.4, 0.5) is 0 Å². The summed E-state index contributed by atoms with van der Waals surface area (Å²) in [6.07, 6.45) is 1.50. The summed E-state index contributed by atoms with van der Waals surface area (Å²) in [6, 6.07) is 10.3. The molecule has 6 nitrogen and oxygen atoms in total. The van der Waals surface area contributed by atoms with Crippen LogP contribution in [0, 0.1) is 5.92 Å². The lowest BCUT2D eigenvalue weighted by Gasteiger charge is -2.15. The SMILES string of the molecule is CCOc1cc(/C=N/NC(=O)c2cccc(OC)c2)cc(Cl)c1OCC(C)C. The average molecular weight is 405 g/mol. The van der Waals surface area contributed by atoms with E-state index in [9.17, 15) is 4.79 Å². The molecule has 0 aliphatic heterocycles. The van der Waals surface area contributed by atoms with Crippen molar-refractivity contribution in [3.8, 4) is 17.2 Å². The standard InChI is InChI=1S/C21H25ClN2O4/c1-5-27-19-10-15(9-18(22)20(19)28-13-14(2)3)12-23-24-21(25)16-7-6-8-17(11-16)26-4/h6-12,14H,5,13H2,1-4H3,(H,24,25)/b23-12+. The molecular formula is C21H25ClN2O4. The predicted molar refractivity (Wildman–Crippen MR) is 111 cm³/mol. The Balaban J connectivity index is 2.12. The number of hydrogen-bond acceptors (Lipinski definition) is 5. The Morgan fingerprint density at radius 1 is 1.25 bits per heavy atom. The molecule has 150 valence electrons. The van der Waals surface area contributed by atoms with Gasteiger partial charge in [0.2, 0.25) is 0 Å². The Labute approximate surface area is 170 Å². The van der Waals surface area contributed by atoms with Gasteiger partial charge in [-0.25, -0.2) is 5.43 Å². The summed E-state index contributed by atoms with van der Waals surface area (Å²) in [5, 5.41) is 4.42. The second-order valence-corrected chi connectivity index (χ2v) is 6.81. The van der Waals surface area contributed by atoms with Crippen LogP contribution in [-0.4, -0.2) is 32.4 Å². The zero-order valence-electron chi connectivity index (χ0n) is 16.5. The van der Waals surface area contributed by atoms with E-state index in [1.54, 1.807) is 43.5 Å². The fourth-order valence-electron chi connectivity index (χ4n) is 2.31. The van der Waals surface area contributed by atoms with E-state index in [2.05, 4.69) is 24.4 Å². The lowest BCUT2D eigenvalue weighted by atomic mass is 10.2. The van der Waals surface area contributed by atoms with E-state index in [0.717, 1.165) is 0 Å². The van der Waals surface area contributed by atoms with E-state index >= 15 is 0 Å². The summed E-state index contributed by atoms with van der Waals surface area (Å²) < 4.78 is 16.5. The van der Waals surface area contributed by atoms with Crippen LogP contribution < -0.4 is 19.6 Å². The Bertz CT molecular complexity index is 837. The average Bonchev–Trinajstić information content (AvgIpc) is 2.67. The maximum atomic E-state index is 12.2. The van der Waals surface area contributed by atoms with Gasteiger partial charge >= 0.3 is 0 Å². The highest BCUT2D eigenvalue weighted by Crippen LogP contribution is 2.36. The van der Waals surface area contributed by atoms with Crippen LogP contribution in [-0.2, 0) is 0 Å². The van der Waals surface area contributed by atoms with Crippen molar-refractivity contribution in [2.75, 3.05) is 20.3 Å². The van der Waals surface area contributed by atoms with Gasteiger partial charge in [-0.3, -0.25) is 4.79 Å². The maximum Gasteiger partial charge on any atom is 0.271 e. The highest BCUT2D eigenvalue weighted by Gasteiger charge is 2.13. The van der Waals surface area contributed by atoms with Crippen LogP contribution in [0.1, 0.15) is 36.7 Å². The number of carbonyl (C=O) groups is 1. The van der Waals surface area contributed by atoms with Gasteiger partial charge in [-0.15, -0.1) is 0 Å². The first-order valence-electron chi connectivity index (χ1n) is 9.01. The van der Waals surface area contributed by atoms with Crippen molar-refractivity contribution >= 4 is 23.7 Å². The Hall–Kier alpha value is -2.73. The van der Waals surface area contributed by atoms with Crippen LogP contribution in [0.5, 0.6) is 17.2 Å². The number of nitrogens with zero attached hydrogens (tertiary/aromatic N) is 1. The van der Waals surface area contributed by atoms with Crippen molar-refractivity contribution in [1.29, 1.82) is 0 Å². The molecule has 0 heterocycles. The summed E-state index contributed by atoms with van der Waals surface area (Å²) in [6.45, 7) is 7.00. The fraction of sp³-hybridized carbons (Fsp3) is 0.333. The molecule has 0 bridgehead atoms. The van der Waals surface area contributed by atoms with Crippen LogP contribution in [0.15, 0.2) is 41.5 Å². The van der Waals surface area contributed by atoms with Gasteiger partial charge in [-0.2, -0.15) is 5.10 Å². The Kier molecular flexibility index (Phi) is 8.14. The molecule has 0 aliphatic rings. The highest BCUT2D eigenvalue weighted by molar-refractivity contribution is 6.32. The number of rotatable bonds is 9. The molecule has 1 amide bonds. The van der Waals surface area contributed by atoms with E-state index < -0.39 is 0 Å². The minimum atomic E-state index is -0.344. The van der Waals surface area contributed by atoms with Crippen LogP contribution in [0.25, 0.3) is 0 Å². The second kappa shape index (κ2) is 10.6. The third kappa shape index (κ3) is 6.16. The molecule has 1 N–H and O–H groups in total. The van der Waals surface area contributed by atoms with Gasteiger partial charge in [0.05, 0.1) is 31.6 Å². The first kappa shape index (κ1) is 21.6. The summed E-state index contributed by atoms with van der Waals surface area (Å²) in [5.41, 5.74) is 3.61. The minimum absolute atomic E-state index is 0.344. The maximum absolute atomic E-state index is 12.2. The predicted octanol–water partition coefficient (Wildman–Crippen LogP) is 4.55. The summed E-state index contributed by atoms with van der Waals surface area (Å²) in [5.74, 6) is 1.66. The smallest absolute Gasteiger partial charge is 0.271 e. The largest absolute Gasteiger partial charge is 0.497 e. The quantitative estimate of drug-likeness (QED) is 0.492. The minimum Gasteiger partial charge on any atom is -0.497 e. The van der Waals surface area contributed by atoms with Crippen LogP contribution in [0.2, 0.25) is 5.02 Å². The summed E-state index contributed by atoms with van der Waals surface area (Å²) >= 11 is 6.36. The number of carbonyl (C=O) groups excluding carboxylic acids is 1. The molecule has 0 aromatic heterocycles. The van der Waals surface area contributed by atoms with Crippen LogP contribution >= 0.6 is 11.6 Å². The second-order valence-electron chi connectivity index (χ2n) is 6.40. The third-order valence-electron chi connectivity index (χ3n) is 3.60. The highest BCUT2D eigenvalue weighted by atomic mass is 35.5. The molecule has 0 unspecified atom stereocenters. The van der Waals surface area contributed by atoms with Crippen molar-refractivity contribution in [2.45, 2.75) is 20.8 Å². The normalized spacial score (nSPS) is 10.9. The number of methoxy groups -OCH3 is 1. The summed E-state index contributed by atoms with van der Waals surface area (Å²) in [4.78, 5) is 12.2. The molecule has 0 fully saturated rings. The zero-order chi connectivity index (χ0) is 20.5. The van der Waals surface area contributed by atoms with Crippen molar-refractivity contribution < 1.29 is 19.0 Å². The molecule has 0 saturated heterocycles. The lowest BCUT2D eigenvalue weighted by molar-refractivity contribution is 0.0955.